The predicted octanol–water partition coefficient (Wildman–Crippen LogP) is -4.14. The van der Waals surface area contributed by atoms with Gasteiger partial charge in [-0.25, -0.2) is 4.18 Å². The zero-order valence-electron chi connectivity index (χ0n) is 43.8. The van der Waals surface area contributed by atoms with E-state index in [1.807, 2.05) is 0 Å². The highest BCUT2D eigenvalue weighted by Crippen LogP contribution is 2.35. The van der Waals surface area contributed by atoms with Crippen molar-refractivity contribution in [3.05, 3.63) is 29.8 Å². The Kier molecular flexibility index (Phi) is 25.7. The summed E-state index contributed by atoms with van der Waals surface area (Å²) in [6.07, 6.45) is -19.4. The molecule has 4 amide bonds. The van der Waals surface area contributed by atoms with Gasteiger partial charge in [0.1, 0.15) is 103 Å². The Morgan fingerprint density at radius 2 is 0.987 bits per heavy atom. The molecule has 29 nitrogen and oxygen atoms in total. The lowest BCUT2D eigenvalue weighted by atomic mass is 9.93. The van der Waals surface area contributed by atoms with Crippen molar-refractivity contribution in [3.63, 3.8) is 0 Å². The predicted molar refractivity (Wildman–Crippen MR) is 264 cm³/mol. The number of aliphatic hydroxyl groups is 9. The van der Waals surface area contributed by atoms with Crippen molar-refractivity contribution in [2.24, 2.45) is 0 Å². The van der Waals surface area contributed by atoms with E-state index in [0.29, 0.717) is 12.4 Å². The molecule has 20 atom stereocenters. The highest BCUT2D eigenvalue weighted by molar-refractivity contribution is 7.80. The van der Waals surface area contributed by atoms with Gasteiger partial charge in [0.05, 0.1) is 33.0 Å². The summed E-state index contributed by atoms with van der Waals surface area (Å²) in [7, 11) is -5.16. The molecule has 1 aromatic rings. The summed E-state index contributed by atoms with van der Waals surface area (Å²) in [6.45, 7) is 1.68. The van der Waals surface area contributed by atoms with E-state index in [1.165, 1.54) is 44.2 Å². The van der Waals surface area contributed by atoms with Gasteiger partial charge in [0, 0.05) is 26.3 Å². The largest absolute Gasteiger partial charge is 0.494 e. The topological polar surface area (TPSA) is 436 Å². The monoisotopic (exact) mass is 1140 g/mol. The number of rotatable bonds is 28. The highest BCUT2D eigenvalue weighted by atomic mass is 32.3. The third-order valence-corrected chi connectivity index (χ3v) is 14.0. The molecule has 1 aromatic carbocycles. The van der Waals surface area contributed by atoms with Crippen LogP contribution in [-0.4, -0.2) is 238 Å². The van der Waals surface area contributed by atoms with E-state index < -0.39 is 183 Å². The molecule has 0 radical (unpaired) electrons. The van der Waals surface area contributed by atoms with Crippen LogP contribution in [0.15, 0.2) is 24.3 Å². The minimum absolute atomic E-state index is 0.0727. The van der Waals surface area contributed by atoms with Crippen LogP contribution in [0.2, 0.25) is 0 Å². The number of carbonyl (C=O) groups is 4. The third-order valence-electron chi connectivity index (χ3n) is 13.6. The lowest BCUT2D eigenvalue weighted by Gasteiger charge is -2.51. The van der Waals surface area contributed by atoms with Gasteiger partial charge in [-0.3, -0.25) is 23.7 Å². The number of nitrogens with one attached hydrogen (secondary N) is 4. The summed E-state index contributed by atoms with van der Waals surface area (Å²) in [4.78, 5) is 51.1. The molecule has 14 N–H and O–H groups in total. The average molecular weight is 1140 g/mol. The number of hydrogen-bond donors (Lipinski definition) is 14. The van der Waals surface area contributed by atoms with Gasteiger partial charge in [-0.2, -0.15) is 8.42 Å². The fourth-order valence-corrected chi connectivity index (χ4v) is 9.95. The Labute approximate surface area is 451 Å². The molecule has 0 spiro atoms. The number of aliphatic hydroxyl groups excluding tert-OH is 9. The summed E-state index contributed by atoms with van der Waals surface area (Å²) in [5, 5.41) is 109. The fourth-order valence-electron chi connectivity index (χ4n) is 9.64. The van der Waals surface area contributed by atoms with Crippen molar-refractivity contribution >= 4 is 34.0 Å². The van der Waals surface area contributed by atoms with Crippen LogP contribution in [0.1, 0.15) is 95.8 Å². The molecule has 20 unspecified atom stereocenters. The van der Waals surface area contributed by atoms with E-state index in [1.54, 1.807) is 12.1 Å². The van der Waals surface area contributed by atoms with Crippen molar-refractivity contribution in [1.29, 1.82) is 0 Å². The van der Waals surface area contributed by atoms with E-state index in [9.17, 15) is 78.1 Å². The molecule has 4 heterocycles. The second-order valence-electron chi connectivity index (χ2n) is 19.6. The van der Waals surface area contributed by atoms with Gasteiger partial charge in [0.15, 0.2) is 25.2 Å². The van der Waals surface area contributed by atoms with Crippen LogP contribution in [0.3, 0.4) is 0 Å². The number of ether oxygens (including phenoxy) is 8. The van der Waals surface area contributed by atoms with Crippen LogP contribution < -0.4 is 26.0 Å². The van der Waals surface area contributed by atoms with Gasteiger partial charge in [-0.15, -0.1) is 0 Å². The molecular formula is C48H78N4O25S. The number of benzene rings is 1. The van der Waals surface area contributed by atoms with Crippen LogP contribution in [0.25, 0.3) is 0 Å². The SMILES string of the molecule is CCCCCCCCCCCOc1cccc(C(=O)NC2C(OC3C(CO)OC(OC4C(CO)OC(OC5C(COS(=O)(=O)O)OC(O)C(NC(C)=O)C5O)C(NC(C)=O)C4O)C(NC(C)=O)C3O)OC(CO)C(O)C2O)c1. The minimum atomic E-state index is -5.16. The van der Waals surface area contributed by atoms with Gasteiger partial charge in [0.25, 0.3) is 5.91 Å². The Hall–Kier alpha value is -3.87. The van der Waals surface area contributed by atoms with Crippen molar-refractivity contribution in [2.75, 3.05) is 33.0 Å². The molecule has 0 aromatic heterocycles. The summed E-state index contributed by atoms with van der Waals surface area (Å²) in [6, 6.07) is -0.593. The Bertz CT molecular complexity index is 2170. The fraction of sp³-hybridized carbons (Fsp3) is 0.792. The lowest BCUT2D eigenvalue weighted by Crippen LogP contribution is -2.71. The molecule has 4 saturated heterocycles. The van der Waals surface area contributed by atoms with Gasteiger partial charge in [0.2, 0.25) is 17.7 Å². The van der Waals surface area contributed by atoms with Crippen molar-refractivity contribution in [3.8, 4) is 5.75 Å². The van der Waals surface area contributed by atoms with Gasteiger partial charge >= 0.3 is 10.4 Å². The summed E-state index contributed by atoms with van der Waals surface area (Å²) in [5.41, 5.74) is 0.0727. The maximum Gasteiger partial charge on any atom is 0.397 e. The van der Waals surface area contributed by atoms with Crippen LogP contribution >= 0.6 is 0 Å². The third kappa shape index (κ3) is 18.1. The van der Waals surface area contributed by atoms with Gasteiger partial charge in [-0.1, -0.05) is 64.4 Å². The molecule has 4 aliphatic heterocycles. The zero-order valence-corrected chi connectivity index (χ0v) is 44.6. The second-order valence-corrected chi connectivity index (χ2v) is 20.7. The molecule has 0 aliphatic carbocycles. The first-order valence-electron chi connectivity index (χ1n) is 26.0. The van der Waals surface area contributed by atoms with Crippen molar-refractivity contribution < 1.29 is 120 Å². The van der Waals surface area contributed by atoms with E-state index in [0.717, 1.165) is 46.5 Å². The van der Waals surface area contributed by atoms with Gasteiger partial charge in [-0.05, 0) is 24.6 Å². The van der Waals surface area contributed by atoms with Crippen molar-refractivity contribution in [2.45, 2.75) is 208 Å². The molecule has 5 rings (SSSR count). The average Bonchev–Trinajstić information content (AvgIpc) is 3.47. The second kappa shape index (κ2) is 30.8. The molecule has 4 aliphatic rings. The summed E-state index contributed by atoms with van der Waals surface area (Å²) >= 11 is 0. The van der Waals surface area contributed by atoms with E-state index in [-0.39, 0.29) is 5.56 Å². The van der Waals surface area contributed by atoms with E-state index >= 15 is 0 Å². The molecule has 30 heteroatoms. The smallest absolute Gasteiger partial charge is 0.397 e. The zero-order chi connectivity index (χ0) is 57.4. The molecule has 0 saturated carbocycles. The molecule has 4 fully saturated rings. The van der Waals surface area contributed by atoms with Crippen LogP contribution in [0, 0.1) is 0 Å². The van der Waals surface area contributed by atoms with E-state index in [4.69, 9.17) is 37.9 Å². The number of hydrogen-bond acceptors (Lipinski definition) is 24. The standard InChI is InChI=1S/C48H78N4O25S/c1-5-6-7-8-9-10-11-12-13-17-69-27-16-14-15-26(18-27)44(64)52-33-37(60)36(59)28(19-53)72-46(33)75-41-29(20-54)73-47(34(39(41)62)50-24(3)57)76-42-30(21-55)74-48(35(40(42)63)51-25(4)58)77-43-31(22-70-78(66,67)68)71-45(65)32(38(43)61)49-23(2)56/h14-16,18,28-43,45-48,53-55,59-63,65H,5-13,17,19-22H2,1-4H3,(H,49,56)(H,50,57)(H,51,58)(H,52,64)(H,66,67,68). The number of carbonyl (C=O) groups excluding carboxylic acids is 4. The van der Waals surface area contributed by atoms with Crippen LogP contribution in [0.4, 0.5) is 0 Å². The normalized spacial score (nSPS) is 35.3. The molecule has 446 valence electrons. The Balaban J connectivity index is 1.34. The quantitative estimate of drug-likeness (QED) is 0.0280. The number of amides is 4. The molecule has 78 heavy (non-hydrogen) atoms. The molecular weight excluding hydrogens is 1060 g/mol. The van der Waals surface area contributed by atoms with E-state index in [2.05, 4.69) is 32.4 Å². The van der Waals surface area contributed by atoms with Gasteiger partial charge < -0.3 is 105 Å². The minimum Gasteiger partial charge on any atom is -0.494 e. The highest BCUT2D eigenvalue weighted by Gasteiger charge is 2.56. The maximum atomic E-state index is 13.8. The maximum absolute atomic E-state index is 13.8. The summed E-state index contributed by atoms with van der Waals surface area (Å²) in [5.74, 6) is -2.81. The van der Waals surface area contributed by atoms with Crippen LogP contribution in [0.5, 0.6) is 5.75 Å². The van der Waals surface area contributed by atoms with Crippen LogP contribution in [-0.2, 0) is 62.1 Å². The first kappa shape index (κ1) is 64.9. The Morgan fingerprint density at radius 1 is 0.551 bits per heavy atom. The van der Waals surface area contributed by atoms with Crippen molar-refractivity contribution in [1.82, 2.24) is 21.3 Å². The Morgan fingerprint density at radius 3 is 1.46 bits per heavy atom. The lowest BCUT2D eigenvalue weighted by molar-refractivity contribution is -0.361. The first-order chi connectivity index (χ1) is 37.0. The number of unbranched alkanes of at least 4 members (excludes halogenated alkanes) is 8. The molecule has 0 bridgehead atoms. The first-order valence-corrected chi connectivity index (χ1v) is 27.3. The summed E-state index contributed by atoms with van der Waals surface area (Å²) < 4.78 is 84.0.